The van der Waals surface area contributed by atoms with Crippen LogP contribution in [0.25, 0.3) is 11.0 Å². The molecule has 3 heterocycles. The van der Waals surface area contributed by atoms with Gasteiger partial charge in [0.2, 0.25) is 5.91 Å². The predicted molar refractivity (Wildman–Crippen MR) is 124 cm³/mol. The van der Waals surface area contributed by atoms with Gasteiger partial charge < -0.3 is 24.6 Å². The summed E-state index contributed by atoms with van der Waals surface area (Å²) in [6, 6.07) is 3.67. The van der Waals surface area contributed by atoms with E-state index in [0.717, 1.165) is 63.5 Å². The molecule has 2 fully saturated rings. The summed E-state index contributed by atoms with van der Waals surface area (Å²) in [6.07, 6.45) is 0. The Hall–Kier alpha value is -2.46. The second-order valence-corrected chi connectivity index (χ2v) is 9.07. The van der Waals surface area contributed by atoms with Gasteiger partial charge in [-0.2, -0.15) is 0 Å². The van der Waals surface area contributed by atoms with E-state index in [1.165, 1.54) is 6.92 Å². The number of likely N-dealkylation sites (N-methyl/N-ethyl adjacent to an activating group) is 2. The van der Waals surface area contributed by atoms with Crippen molar-refractivity contribution in [2.24, 2.45) is 0 Å². The first-order chi connectivity index (χ1) is 15.3. The van der Waals surface area contributed by atoms with Crippen molar-refractivity contribution >= 4 is 22.6 Å². The molecule has 1 aromatic heterocycles. The maximum absolute atomic E-state index is 12.5. The number of amides is 1. The quantitative estimate of drug-likeness (QED) is 0.660. The minimum Gasteiger partial charge on any atom is -0.504 e. The molecule has 9 heteroatoms. The van der Waals surface area contributed by atoms with E-state index in [1.54, 1.807) is 6.07 Å². The Morgan fingerprint density at radius 1 is 0.938 bits per heavy atom. The summed E-state index contributed by atoms with van der Waals surface area (Å²) in [6.45, 7) is 10.3. The van der Waals surface area contributed by atoms with E-state index in [9.17, 15) is 14.7 Å². The first kappa shape index (κ1) is 22.7. The molecule has 0 unspecified atom stereocenters. The number of carbonyl (C=O) groups excluding carboxylic acids is 1. The SMILES string of the molecule is CC(=O)Nc1cc2c(CN3CCN(C)CC3)cc(CN3CCN(C)CC3)c(O)c2oc1=O. The third-order valence-corrected chi connectivity index (χ3v) is 6.45. The smallest absolute Gasteiger partial charge is 0.360 e. The molecule has 32 heavy (non-hydrogen) atoms. The van der Waals surface area contributed by atoms with E-state index in [2.05, 4.69) is 39.0 Å². The van der Waals surface area contributed by atoms with Gasteiger partial charge in [0.1, 0.15) is 5.69 Å². The number of nitrogens with zero attached hydrogens (tertiary/aromatic N) is 4. The van der Waals surface area contributed by atoms with Gasteiger partial charge in [0.05, 0.1) is 0 Å². The zero-order valence-electron chi connectivity index (χ0n) is 19.2. The summed E-state index contributed by atoms with van der Waals surface area (Å²) in [4.78, 5) is 33.3. The van der Waals surface area contributed by atoms with Crippen LogP contribution in [0.1, 0.15) is 18.1 Å². The summed E-state index contributed by atoms with van der Waals surface area (Å²) in [7, 11) is 4.23. The lowest BCUT2D eigenvalue weighted by Gasteiger charge is -2.33. The van der Waals surface area contributed by atoms with Gasteiger partial charge in [0.25, 0.3) is 0 Å². The van der Waals surface area contributed by atoms with E-state index >= 15 is 0 Å². The van der Waals surface area contributed by atoms with Crippen molar-refractivity contribution in [3.8, 4) is 5.75 Å². The summed E-state index contributed by atoms with van der Waals surface area (Å²) < 4.78 is 5.54. The fraction of sp³-hybridized carbons (Fsp3) is 0.565. The molecule has 9 nitrogen and oxygen atoms in total. The number of phenols is 1. The van der Waals surface area contributed by atoms with Gasteiger partial charge in [-0.05, 0) is 31.8 Å². The van der Waals surface area contributed by atoms with Crippen molar-refractivity contribution in [2.75, 3.05) is 71.8 Å². The molecule has 0 spiro atoms. The van der Waals surface area contributed by atoms with Crippen LogP contribution < -0.4 is 10.9 Å². The molecular weight excluding hydrogens is 410 g/mol. The number of piperazine rings is 2. The lowest BCUT2D eigenvalue weighted by molar-refractivity contribution is -0.114. The molecule has 0 atom stereocenters. The summed E-state index contributed by atoms with van der Waals surface area (Å²) >= 11 is 0. The highest BCUT2D eigenvalue weighted by Gasteiger charge is 2.22. The molecule has 1 aromatic carbocycles. The van der Waals surface area contributed by atoms with Crippen LogP contribution in [-0.4, -0.2) is 97.1 Å². The Morgan fingerprint density at radius 3 is 2.00 bits per heavy atom. The molecule has 2 aliphatic heterocycles. The van der Waals surface area contributed by atoms with Crippen LogP contribution in [0.2, 0.25) is 0 Å². The number of rotatable bonds is 5. The molecule has 2 N–H and O–H groups in total. The zero-order valence-corrected chi connectivity index (χ0v) is 19.2. The molecule has 4 rings (SSSR count). The van der Waals surface area contributed by atoms with Crippen LogP contribution in [0.15, 0.2) is 21.3 Å². The summed E-state index contributed by atoms with van der Waals surface area (Å²) in [5.41, 5.74) is 1.38. The molecule has 0 aliphatic carbocycles. The van der Waals surface area contributed by atoms with Gasteiger partial charge in [0.15, 0.2) is 11.3 Å². The molecule has 174 valence electrons. The number of carbonyl (C=O) groups is 1. The van der Waals surface area contributed by atoms with Gasteiger partial charge in [-0.25, -0.2) is 4.79 Å². The number of hydrogen-bond acceptors (Lipinski definition) is 8. The average Bonchev–Trinajstić information content (AvgIpc) is 2.75. The second kappa shape index (κ2) is 9.58. The van der Waals surface area contributed by atoms with Gasteiger partial charge in [-0.3, -0.25) is 14.6 Å². The Labute approximate surface area is 188 Å². The van der Waals surface area contributed by atoms with Crippen molar-refractivity contribution in [1.29, 1.82) is 0 Å². The minimum atomic E-state index is -0.662. The van der Waals surface area contributed by atoms with Crippen molar-refractivity contribution < 1.29 is 14.3 Å². The van der Waals surface area contributed by atoms with Crippen LogP contribution in [0, 0.1) is 0 Å². The number of benzene rings is 1. The lowest BCUT2D eigenvalue weighted by Crippen LogP contribution is -2.44. The maximum Gasteiger partial charge on any atom is 0.360 e. The van der Waals surface area contributed by atoms with Crippen molar-refractivity contribution in [1.82, 2.24) is 19.6 Å². The van der Waals surface area contributed by atoms with E-state index in [0.29, 0.717) is 18.5 Å². The fourth-order valence-electron chi connectivity index (χ4n) is 4.41. The number of phenolic OH excluding ortho intramolecular Hbond substituents is 1. The molecule has 0 radical (unpaired) electrons. The summed E-state index contributed by atoms with van der Waals surface area (Å²) in [5.74, 6) is -0.333. The third kappa shape index (κ3) is 5.12. The van der Waals surface area contributed by atoms with Crippen LogP contribution >= 0.6 is 0 Å². The topological polar surface area (TPSA) is 92.5 Å². The summed E-state index contributed by atoms with van der Waals surface area (Å²) in [5, 5.41) is 14.2. The average molecular weight is 444 g/mol. The number of nitrogens with one attached hydrogen (secondary N) is 1. The van der Waals surface area contributed by atoms with E-state index in [1.807, 2.05) is 6.07 Å². The Balaban J connectivity index is 1.72. The molecule has 2 aliphatic rings. The molecule has 2 saturated heterocycles. The highest BCUT2D eigenvalue weighted by atomic mass is 16.4. The van der Waals surface area contributed by atoms with Crippen molar-refractivity contribution in [2.45, 2.75) is 20.0 Å². The first-order valence-corrected chi connectivity index (χ1v) is 11.2. The first-order valence-electron chi connectivity index (χ1n) is 11.2. The third-order valence-electron chi connectivity index (χ3n) is 6.45. The fourth-order valence-corrected chi connectivity index (χ4v) is 4.41. The molecule has 0 saturated carbocycles. The number of hydrogen-bond donors (Lipinski definition) is 2. The lowest BCUT2D eigenvalue weighted by atomic mass is 10.0. The molecule has 1 amide bonds. The van der Waals surface area contributed by atoms with Crippen LogP contribution in [0.5, 0.6) is 5.75 Å². The number of fused-ring (bicyclic) bond motifs is 1. The van der Waals surface area contributed by atoms with Crippen LogP contribution in [0.3, 0.4) is 0 Å². The number of aromatic hydroxyl groups is 1. The van der Waals surface area contributed by atoms with E-state index in [-0.39, 0.29) is 22.9 Å². The number of anilines is 1. The van der Waals surface area contributed by atoms with Gasteiger partial charge in [0, 0.05) is 83.3 Å². The normalized spacial score (nSPS) is 19.5. The van der Waals surface area contributed by atoms with E-state index in [4.69, 9.17) is 4.42 Å². The Morgan fingerprint density at radius 2 is 1.47 bits per heavy atom. The predicted octanol–water partition coefficient (Wildman–Crippen LogP) is 0.952. The van der Waals surface area contributed by atoms with E-state index < -0.39 is 5.63 Å². The maximum atomic E-state index is 12.5. The largest absolute Gasteiger partial charge is 0.504 e. The van der Waals surface area contributed by atoms with Crippen molar-refractivity contribution in [3.05, 3.63) is 33.7 Å². The van der Waals surface area contributed by atoms with Crippen LogP contribution in [0.4, 0.5) is 5.69 Å². The van der Waals surface area contributed by atoms with Gasteiger partial charge in [-0.15, -0.1) is 0 Å². The molecule has 2 aromatic rings. The molecule has 0 bridgehead atoms. The van der Waals surface area contributed by atoms with Crippen molar-refractivity contribution in [3.63, 3.8) is 0 Å². The Bertz CT molecular complexity index is 1040. The second-order valence-electron chi connectivity index (χ2n) is 9.07. The monoisotopic (exact) mass is 443 g/mol. The highest BCUT2D eigenvalue weighted by molar-refractivity contribution is 5.93. The minimum absolute atomic E-state index is 0.00697. The molecular formula is C23H33N5O4. The standard InChI is InChI=1S/C23H33N5O4/c1-16(29)24-20-13-19-17(14-27-8-4-25(2)5-9-27)12-18(21(30)22(19)32-23(20)31)15-28-10-6-26(3)7-11-28/h12-13,30H,4-11,14-15H2,1-3H3,(H,24,29). The van der Waals surface area contributed by atoms with Gasteiger partial charge >= 0.3 is 5.63 Å². The van der Waals surface area contributed by atoms with Crippen LogP contribution in [-0.2, 0) is 17.9 Å². The highest BCUT2D eigenvalue weighted by Crippen LogP contribution is 2.34. The van der Waals surface area contributed by atoms with Gasteiger partial charge in [-0.1, -0.05) is 0 Å². The zero-order chi connectivity index (χ0) is 22.8. The Kier molecular flexibility index (Phi) is 6.80.